The summed E-state index contributed by atoms with van der Waals surface area (Å²) in [7, 11) is 0. The Balaban J connectivity index is 2.59. The molecule has 84 valence electrons. The molecule has 0 aliphatic carbocycles. The Labute approximate surface area is 95.7 Å². The van der Waals surface area contributed by atoms with Crippen LogP contribution in [0, 0.1) is 0 Å². The number of hydrogen-bond donors (Lipinski definition) is 2. The van der Waals surface area contributed by atoms with Crippen LogP contribution in [0.25, 0.3) is 10.8 Å². The van der Waals surface area contributed by atoms with Crippen molar-refractivity contribution in [3.05, 3.63) is 48.0 Å². The molecule has 0 spiro atoms. The second-order valence-electron chi connectivity index (χ2n) is 4.22. The Hall–Kier alpha value is -1.38. The van der Waals surface area contributed by atoms with Crippen molar-refractivity contribution in [2.24, 2.45) is 5.73 Å². The van der Waals surface area contributed by atoms with Gasteiger partial charge in [-0.15, -0.1) is 0 Å². The molecule has 2 unspecified atom stereocenters. The third-order valence-corrected chi connectivity index (χ3v) is 3.05. The van der Waals surface area contributed by atoms with Crippen LogP contribution in [-0.2, 0) is 0 Å². The largest absolute Gasteiger partial charge is 0.396 e. The molecule has 2 rings (SSSR count). The maximum atomic E-state index is 9.43. The molecule has 2 aromatic carbocycles. The predicted molar refractivity (Wildman–Crippen MR) is 67.4 cm³/mol. The second-order valence-corrected chi connectivity index (χ2v) is 4.22. The van der Waals surface area contributed by atoms with Gasteiger partial charge in [-0.1, -0.05) is 42.5 Å². The molecule has 3 N–H and O–H groups in total. The highest BCUT2D eigenvalue weighted by Crippen LogP contribution is 2.26. The third-order valence-electron chi connectivity index (χ3n) is 3.05. The minimum absolute atomic E-state index is 0.00565. The van der Waals surface area contributed by atoms with Crippen LogP contribution in [0.3, 0.4) is 0 Å². The Kier molecular flexibility index (Phi) is 3.22. The molecule has 16 heavy (non-hydrogen) atoms. The van der Waals surface area contributed by atoms with E-state index in [9.17, 15) is 5.11 Å². The summed E-state index contributed by atoms with van der Waals surface area (Å²) in [5.41, 5.74) is 7.05. The molecule has 0 amide bonds. The van der Waals surface area contributed by atoms with E-state index in [-0.39, 0.29) is 18.6 Å². The van der Waals surface area contributed by atoms with Crippen molar-refractivity contribution < 1.29 is 5.11 Å². The summed E-state index contributed by atoms with van der Waals surface area (Å²) in [5, 5.41) is 11.8. The first kappa shape index (κ1) is 11.1. The highest BCUT2D eigenvalue weighted by Gasteiger charge is 2.16. The summed E-state index contributed by atoms with van der Waals surface area (Å²) >= 11 is 0. The Bertz CT molecular complexity index is 474. The van der Waals surface area contributed by atoms with Crippen molar-refractivity contribution in [1.29, 1.82) is 0 Å². The standard InChI is InChI=1S/C14H17NO/c1-10(15)14(9-16)13-8-4-6-11-5-2-3-7-12(11)13/h2-8,10,14,16H,9,15H2,1H3. The zero-order valence-corrected chi connectivity index (χ0v) is 9.43. The van der Waals surface area contributed by atoms with E-state index in [1.165, 1.54) is 10.8 Å². The number of benzene rings is 2. The quantitative estimate of drug-likeness (QED) is 0.825. The summed E-state index contributed by atoms with van der Waals surface area (Å²) in [6.45, 7) is 2.02. The van der Waals surface area contributed by atoms with Crippen molar-refractivity contribution in [3.8, 4) is 0 Å². The van der Waals surface area contributed by atoms with Gasteiger partial charge < -0.3 is 10.8 Å². The highest BCUT2D eigenvalue weighted by molar-refractivity contribution is 5.86. The van der Waals surface area contributed by atoms with E-state index < -0.39 is 0 Å². The van der Waals surface area contributed by atoms with Gasteiger partial charge in [-0.05, 0) is 23.3 Å². The van der Waals surface area contributed by atoms with Crippen LogP contribution in [0.2, 0.25) is 0 Å². The molecule has 0 aromatic heterocycles. The Morgan fingerprint density at radius 1 is 1.12 bits per heavy atom. The van der Waals surface area contributed by atoms with Crippen LogP contribution in [0.5, 0.6) is 0 Å². The molecule has 2 heteroatoms. The molecule has 0 bridgehead atoms. The van der Waals surface area contributed by atoms with E-state index >= 15 is 0 Å². The SMILES string of the molecule is CC(N)C(CO)c1cccc2ccccc12. The molecule has 0 heterocycles. The molecule has 0 fully saturated rings. The smallest absolute Gasteiger partial charge is 0.0514 e. The second kappa shape index (κ2) is 4.64. The molecule has 0 saturated carbocycles. The van der Waals surface area contributed by atoms with E-state index in [0.29, 0.717) is 0 Å². The first-order valence-corrected chi connectivity index (χ1v) is 5.58. The zero-order chi connectivity index (χ0) is 11.5. The van der Waals surface area contributed by atoms with Crippen LogP contribution in [-0.4, -0.2) is 17.8 Å². The average Bonchev–Trinajstić information content (AvgIpc) is 2.30. The lowest BCUT2D eigenvalue weighted by Crippen LogP contribution is -2.27. The molecule has 2 nitrogen and oxygen atoms in total. The number of hydrogen-bond acceptors (Lipinski definition) is 2. The number of rotatable bonds is 3. The summed E-state index contributed by atoms with van der Waals surface area (Å²) in [6.07, 6.45) is 0. The molecular formula is C14H17NO. The normalized spacial score (nSPS) is 14.9. The molecule has 0 aliphatic heterocycles. The first-order chi connectivity index (χ1) is 7.74. The van der Waals surface area contributed by atoms with E-state index in [2.05, 4.69) is 18.2 Å². The maximum Gasteiger partial charge on any atom is 0.0514 e. The molecule has 0 radical (unpaired) electrons. The third kappa shape index (κ3) is 1.94. The summed E-state index contributed by atoms with van der Waals surface area (Å²) in [4.78, 5) is 0. The molecule has 0 saturated heterocycles. The van der Waals surface area contributed by atoms with Crippen LogP contribution in [0.15, 0.2) is 42.5 Å². The highest BCUT2D eigenvalue weighted by atomic mass is 16.3. The first-order valence-electron chi connectivity index (χ1n) is 5.58. The fraction of sp³-hybridized carbons (Fsp3) is 0.286. The lowest BCUT2D eigenvalue weighted by molar-refractivity contribution is 0.252. The Morgan fingerprint density at radius 2 is 1.81 bits per heavy atom. The summed E-state index contributed by atoms with van der Waals surface area (Å²) in [5.74, 6) is 0.00565. The van der Waals surface area contributed by atoms with Gasteiger partial charge in [-0.3, -0.25) is 0 Å². The molecule has 2 aromatic rings. The fourth-order valence-corrected chi connectivity index (χ4v) is 2.12. The van der Waals surface area contributed by atoms with E-state index in [0.717, 1.165) is 5.56 Å². The minimum atomic E-state index is -0.0455. The number of fused-ring (bicyclic) bond motifs is 1. The summed E-state index contributed by atoms with van der Waals surface area (Å²) in [6, 6.07) is 14.3. The van der Waals surface area contributed by atoms with E-state index in [1.807, 2.05) is 31.2 Å². The van der Waals surface area contributed by atoms with Gasteiger partial charge in [-0.25, -0.2) is 0 Å². The zero-order valence-electron chi connectivity index (χ0n) is 9.43. The van der Waals surface area contributed by atoms with Crippen molar-refractivity contribution >= 4 is 10.8 Å². The van der Waals surface area contributed by atoms with Gasteiger partial charge in [0.15, 0.2) is 0 Å². The van der Waals surface area contributed by atoms with Gasteiger partial charge in [0.25, 0.3) is 0 Å². The van der Waals surface area contributed by atoms with E-state index in [4.69, 9.17) is 5.73 Å². The van der Waals surface area contributed by atoms with Gasteiger partial charge >= 0.3 is 0 Å². The Morgan fingerprint density at radius 3 is 2.50 bits per heavy atom. The van der Waals surface area contributed by atoms with Crippen LogP contribution in [0.1, 0.15) is 18.4 Å². The maximum absolute atomic E-state index is 9.43. The molecule has 0 aliphatic rings. The molecule has 2 atom stereocenters. The van der Waals surface area contributed by atoms with Crippen molar-refractivity contribution in [1.82, 2.24) is 0 Å². The van der Waals surface area contributed by atoms with Crippen LogP contribution >= 0.6 is 0 Å². The number of aliphatic hydroxyl groups excluding tert-OH is 1. The van der Waals surface area contributed by atoms with Gasteiger partial charge in [0.05, 0.1) is 6.61 Å². The summed E-state index contributed by atoms with van der Waals surface area (Å²) < 4.78 is 0. The van der Waals surface area contributed by atoms with Crippen LogP contribution in [0.4, 0.5) is 0 Å². The lowest BCUT2D eigenvalue weighted by atomic mass is 9.89. The van der Waals surface area contributed by atoms with E-state index in [1.54, 1.807) is 0 Å². The monoisotopic (exact) mass is 215 g/mol. The minimum Gasteiger partial charge on any atom is -0.396 e. The lowest BCUT2D eigenvalue weighted by Gasteiger charge is -2.20. The van der Waals surface area contributed by atoms with Crippen molar-refractivity contribution in [2.75, 3.05) is 6.61 Å². The number of aliphatic hydroxyl groups is 1. The van der Waals surface area contributed by atoms with Crippen molar-refractivity contribution in [3.63, 3.8) is 0 Å². The van der Waals surface area contributed by atoms with Gasteiger partial charge in [-0.2, -0.15) is 0 Å². The fourth-order valence-electron chi connectivity index (χ4n) is 2.12. The van der Waals surface area contributed by atoms with Crippen LogP contribution < -0.4 is 5.73 Å². The van der Waals surface area contributed by atoms with Gasteiger partial charge in [0, 0.05) is 12.0 Å². The van der Waals surface area contributed by atoms with Gasteiger partial charge in [0.2, 0.25) is 0 Å². The van der Waals surface area contributed by atoms with Gasteiger partial charge in [0.1, 0.15) is 0 Å². The topological polar surface area (TPSA) is 46.2 Å². The number of nitrogens with two attached hydrogens (primary N) is 1. The average molecular weight is 215 g/mol. The predicted octanol–water partition coefficient (Wildman–Crippen LogP) is 2.26. The van der Waals surface area contributed by atoms with Crippen molar-refractivity contribution in [2.45, 2.75) is 18.9 Å². The molecular weight excluding hydrogens is 198 g/mol.